The summed E-state index contributed by atoms with van der Waals surface area (Å²) in [6.07, 6.45) is 4.82. The van der Waals surface area contributed by atoms with E-state index in [2.05, 4.69) is 5.32 Å². The maximum absolute atomic E-state index is 14.2. The molecule has 4 rings (SSSR count). The highest BCUT2D eigenvalue weighted by atomic mass is 35.5. The second-order valence-electron chi connectivity index (χ2n) is 10.8. The molecule has 1 aliphatic carbocycles. The molecule has 0 radical (unpaired) electrons. The molecule has 0 unspecified atom stereocenters. The van der Waals surface area contributed by atoms with Gasteiger partial charge in [-0.05, 0) is 73.9 Å². The van der Waals surface area contributed by atoms with E-state index in [4.69, 9.17) is 32.7 Å². The van der Waals surface area contributed by atoms with Crippen LogP contribution in [0, 0.1) is 5.82 Å². The molecule has 1 saturated carbocycles. The Morgan fingerprint density at radius 2 is 1.60 bits per heavy atom. The standard InChI is InChI=1S/C32H36Cl2FN3O6S/c1-21(32(40)36-24-7-5-4-6-8-24)37(19-22-9-15-27(33)28(34)17-22)31(39)20-38(25-12-10-23(35)11-13-25)45(41,42)26-14-16-29(43-2)30(18-26)44-3/h9-18,21,24H,4-8,19-20H2,1-3H3,(H,36,40)/t21-/m1/s1. The number of hydrogen-bond donors (Lipinski definition) is 1. The molecule has 1 atom stereocenters. The summed E-state index contributed by atoms with van der Waals surface area (Å²) >= 11 is 12.4. The number of benzene rings is 3. The molecule has 0 spiro atoms. The molecule has 2 amide bonds. The van der Waals surface area contributed by atoms with Crippen LogP contribution in [0.25, 0.3) is 0 Å². The Hall–Kier alpha value is -3.54. The summed E-state index contributed by atoms with van der Waals surface area (Å²) in [6, 6.07) is 12.7. The predicted octanol–water partition coefficient (Wildman–Crippen LogP) is 6.21. The molecule has 242 valence electrons. The predicted molar refractivity (Wildman–Crippen MR) is 172 cm³/mol. The number of hydrogen-bond acceptors (Lipinski definition) is 6. The fourth-order valence-corrected chi connectivity index (χ4v) is 6.98. The average Bonchev–Trinajstić information content (AvgIpc) is 3.04. The van der Waals surface area contributed by atoms with Gasteiger partial charge in [0.05, 0.1) is 34.8 Å². The number of halogens is 3. The summed E-state index contributed by atoms with van der Waals surface area (Å²) in [5, 5.41) is 3.64. The lowest BCUT2D eigenvalue weighted by Gasteiger charge is -2.33. The molecular weight excluding hydrogens is 644 g/mol. The number of nitrogens with zero attached hydrogens (tertiary/aromatic N) is 2. The van der Waals surface area contributed by atoms with Crippen LogP contribution in [0.1, 0.15) is 44.6 Å². The second kappa shape index (κ2) is 15.2. The van der Waals surface area contributed by atoms with Gasteiger partial charge >= 0.3 is 0 Å². The molecule has 1 N–H and O–H groups in total. The molecule has 0 aliphatic heterocycles. The Morgan fingerprint density at radius 3 is 2.22 bits per heavy atom. The Morgan fingerprint density at radius 1 is 0.933 bits per heavy atom. The van der Waals surface area contributed by atoms with Gasteiger partial charge in [-0.3, -0.25) is 13.9 Å². The van der Waals surface area contributed by atoms with E-state index in [1.807, 2.05) is 0 Å². The molecule has 0 heterocycles. The highest BCUT2D eigenvalue weighted by Crippen LogP contribution is 2.33. The third-order valence-electron chi connectivity index (χ3n) is 7.79. The zero-order valence-electron chi connectivity index (χ0n) is 25.3. The van der Waals surface area contributed by atoms with Crippen molar-refractivity contribution in [3.63, 3.8) is 0 Å². The van der Waals surface area contributed by atoms with Crippen molar-refractivity contribution >= 4 is 50.7 Å². The van der Waals surface area contributed by atoms with Gasteiger partial charge in [0.25, 0.3) is 10.0 Å². The minimum absolute atomic E-state index is 0.00299. The van der Waals surface area contributed by atoms with E-state index < -0.39 is 34.3 Å². The zero-order valence-corrected chi connectivity index (χ0v) is 27.6. The highest BCUT2D eigenvalue weighted by Gasteiger charge is 2.34. The number of sulfonamides is 1. The highest BCUT2D eigenvalue weighted by molar-refractivity contribution is 7.92. The number of anilines is 1. The van der Waals surface area contributed by atoms with Crippen LogP contribution in [-0.2, 0) is 26.2 Å². The zero-order chi connectivity index (χ0) is 32.7. The maximum Gasteiger partial charge on any atom is 0.264 e. The van der Waals surface area contributed by atoms with Crippen LogP contribution in [0.5, 0.6) is 11.5 Å². The first-order valence-corrected chi connectivity index (χ1v) is 16.7. The first-order chi connectivity index (χ1) is 21.4. The lowest BCUT2D eigenvalue weighted by atomic mass is 9.95. The van der Waals surface area contributed by atoms with Gasteiger partial charge in [0, 0.05) is 18.7 Å². The fraction of sp³-hybridized carbons (Fsp3) is 0.375. The topological polar surface area (TPSA) is 105 Å². The lowest BCUT2D eigenvalue weighted by molar-refractivity contribution is -0.139. The molecule has 0 aromatic heterocycles. The van der Waals surface area contributed by atoms with Gasteiger partial charge in [0.2, 0.25) is 11.8 Å². The van der Waals surface area contributed by atoms with E-state index in [9.17, 15) is 22.4 Å². The van der Waals surface area contributed by atoms with Crippen molar-refractivity contribution in [1.29, 1.82) is 0 Å². The van der Waals surface area contributed by atoms with E-state index in [0.717, 1.165) is 48.5 Å². The summed E-state index contributed by atoms with van der Waals surface area (Å²) in [4.78, 5) is 28.7. The third kappa shape index (κ3) is 8.39. The van der Waals surface area contributed by atoms with E-state index in [1.165, 1.54) is 49.5 Å². The number of rotatable bonds is 12. The summed E-state index contributed by atoms with van der Waals surface area (Å²) in [7, 11) is -1.63. The SMILES string of the molecule is COc1ccc(S(=O)(=O)N(CC(=O)N(Cc2ccc(Cl)c(Cl)c2)[C@H](C)C(=O)NC2CCCCC2)c2ccc(F)cc2)cc1OC. The van der Waals surface area contributed by atoms with E-state index in [-0.39, 0.29) is 39.8 Å². The summed E-state index contributed by atoms with van der Waals surface area (Å²) < 4.78 is 53.5. The minimum atomic E-state index is -4.42. The van der Waals surface area contributed by atoms with Gasteiger partial charge in [-0.25, -0.2) is 12.8 Å². The van der Waals surface area contributed by atoms with Crippen LogP contribution < -0.4 is 19.1 Å². The third-order valence-corrected chi connectivity index (χ3v) is 10.3. The molecule has 1 fully saturated rings. The molecule has 45 heavy (non-hydrogen) atoms. The van der Waals surface area contributed by atoms with Crippen molar-refractivity contribution in [3.8, 4) is 11.5 Å². The van der Waals surface area contributed by atoms with Crippen molar-refractivity contribution < 1.29 is 31.9 Å². The van der Waals surface area contributed by atoms with Gasteiger partial charge in [0.1, 0.15) is 18.4 Å². The largest absolute Gasteiger partial charge is 0.493 e. The first kappa shape index (κ1) is 34.3. The van der Waals surface area contributed by atoms with Crippen LogP contribution in [-0.4, -0.2) is 58.0 Å². The van der Waals surface area contributed by atoms with Crippen LogP contribution >= 0.6 is 23.2 Å². The second-order valence-corrected chi connectivity index (χ2v) is 13.5. The van der Waals surface area contributed by atoms with Gasteiger partial charge < -0.3 is 19.7 Å². The number of carbonyl (C=O) groups excluding carboxylic acids is 2. The van der Waals surface area contributed by atoms with Crippen LogP contribution in [0.2, 0.25) is 10.0 Å². The smallest absolute Gasteiger partial charge is 0.264 e. The van der Waals surface area contributed by atoms with Crippen molar-refractivity contribution in [2.45, 2.75) is 62.6 Å². The number of nitrogens with one attached hydrogen (secondary N) is 1. The fourth-order valence-electron chi connectivity index (χ4n) is 5.23. The summed E-state index contributed by atoms with van der Waals surface area (Å²) in [5.41, 5.74) is 0.638. The van der Waals surface area contributed by atoms with E-state index in [1.54, 1.807) is 25.1 Å². The Labute approximate surface area is 273 Å². The van der Waals surface area contributed by atoms with E-state index in [0.29, 0.717) is 16.3 Å². The van der Waals surface area contributed by atoms with Gasteiger partial charge in [-0.2, -0.15) is 0 Å². The van der Waals surface area contributed by atoms with Crippen molar-refractivity contribution in [1.82, 2.24) is 10.2 Å². The molecule has 0 bridgehead atoms. The van der Waals surface area contributed by atoms with Crippen molar-refractivity contribution in [2.24, 2.45) is 0 Å². The number of carbonyl (C=O) groups is 2. The van der Waals surface area contributed by atoms with Crippen LogP contribution in [0.4, 0.5) is 10.1 Å². The molecule has 9 nitrogen and oxygen atoms in total. The van der Waals surface area contributed by atoms with Gasteiger partial charge in [-0.15, -0.1) is 0 Å². The van der Waals surface area contributed by atoms with Gasteiger partial charge in [-0.1, -0.05) is 48.5 Å². The molecular formula is C32H36Cl2FN3O6S. The average molecular weight is 681 g/mol. The van der Waals surface area contributed by atoms with Crippen LogP contribution in [0.3, 0.4) is 0 Å². The summed E-state index contributed by atoms with van der Waals surface area (Å²) in [6.45, 7) is 0.853. The molecule has 3 aromatic rings. The maximum atomic E-state index is 14.2. The van der Waals surface area contributed by atoms with Crippen LogP contribution in [0.15, 0.2) is 65.6 Å². The molecule has 3 aromatic carbocycles. The first-order valence-electron chi connectivity index (χ1n) is 14.5. The lowest BCUT2D eigenvalue weighted by Crippen LogP contribution is -2.53. The molecule has 0 saturated heterocycles. The summed E-state index contributed by atoms with van der Waals surface area (Å²) in [5.74, 6) is -1.13. The Bertz CT molecular complexity index is 1620. The Kier molecular flexibility index (Phi) is 11.6. The number of ether oxygens (including phenoxy) is 2. The van der Waals surface area contributed by atoms with Crippen molar-refractivity contribution in [2.75, 3.05) is 25.1 Å². The molecule has 13 heteroatoms. The number of amides is 2. The number of methoxy groups -OCH3 is 2. The molecule has 1 aliphatic rings. The Balaban J connectivity index is 1.71. The normalized spacial score (nSPS) is 14.4. The minimum Gasteiger partial charge on any atom is -0.493 e. The van der Waals surface area contributed by atoms with Crippen molar-refractivity contribution in [3.05, 3.63) is 82.1 Å². The quantitative estimate of drug-likeness (QED) is 0.244. The monoisotopic (exact) mass is 679 g/mol. The van der Waals surface area contributed by atoms with Gasteiger partial charge in [0.15, 0.2) is 11.5 Å². The van der Waals surface area contributed by atoms with E-state index >= 15 is 0 Å².